The highest BCUT2D eigenvalue weighted by Crippen LogP contribution is 2.37. The summed E-state index contributed by atoms with van der Waals surface area (Å²) >= 11 is -2.01. The van der Waals surface area contributed by atoms with Gasteiger partial charge in [0.05, 0.1) is 22.5 Å². The van der Waals surface area contributed by atoms with Crippen LogP contribution in [0.3, 0.4) is 0 Å². The minimum absolute atomic E-state index is 0.0486. The van der Waals surface area contributed by atoms with Crippen LogP contribution in [-0.2, 0) is 17.3 Å². The summed E-state index contributed by atoms with van der Waals surface area (Å²) in [6, 6.07) is 3.18. The lowest BCUT2D eigenvalue weighted by atomic mass is 9.97. The predicted octanol–water partition coefficient (Wildman–Crippen LogP) is 3.58. The van der Waals surface area contributed by atoms with Crippen LogP contribution in [-0.4, -0.2) is 80.6 Å². The quantitative estimate of drug-likeness (QED) is 0.351. The van der Waals surface area contributed by atoms with Crippen molar-refractivity contribution < 1.29 is 31.1 Å². The SMILES string of the molecule is C[C@@H]1CN(c2cc(F)c(C3=CCN(CS(=O)O)CC3)cc2NC(=O)c2c[nH]c(=O)cc2C(F)(F)F)C[C@H](C)N1C. The van der Waals surface area contributed by atoms with Crippen molar-refractivity contribution in [2.45, 2.75) is 38.5 Å². The zero-order valence-electron chi connectivity index (χ0n) is 22.2. The number of carbonyl (C=O) groups excluding carboxylic acids is 1. The van der Waals surface area contributed by atoms with Gasteiger partial charge in [0.15, 0.2) is 11.1 Å². The number of carbonyl (C=O) groups is 1. The maximum Gasteiger partial charge on any atom is 0.417 e. The molecule has 14 heteroatoms. The third kappa shape index (κ3) is 6.62. The minimum atomic E-state index is -4.95. The fourth-order valence-corrected chi connectivity index (χ4v) is 5.63. The number of benzene rings is 1. The van der Waals surface area contributed by atoms with E-state index in [-0.39, 0.29) is 29.2 Å². The standard InChI is InChI=1S/C26H31F4N5O4S/c1-15-12-35(13-16(2)33(15)3)23-10-21(27)18(17-4-6-34(7-5-17)14-40(38)39)8-22(23)32-25(37)19-11-31-24(36)9-20(19)26(28,29)30/h4,8-11,15-16H,5-7,12-14H2,1-3H3,(H,31,36)(H,32,37)(H,38,39)/t15-,16+. The zero-order chi connectivity index (χ0) is 29.4. The number of aromatic amines is 1. The van der Waals surface area contributed by atoms with Crippen molar-refractivity contribution >= 4 is 33.9 Å². The number of anilines is 2. The molecule has 0 spiro atoms. The van der Waals surface area contributed by atoms with E-state index in [2.05, 4.69) is 15.2 Å². The van der Waals surface area contributed by atoms with Gasteiger partial charge in [0.1, 0.15) is 11.7 Å². The van der Waals surface area contributed by atoms with E-state index in [9.17, 15) is 27.0 Å². The molecule has 1 aromatic heterocycles. The van der Waals surface area contributed by atoms with Crippen molar-refractivity contribution in [2.75, 3.05) is 49.3 Å². The van der Waals surface area contributed by atoms with Gasteiger partial charge in [-0.2, -0.15) is 13.2 Å². The molecule has 1 fully saturated rings. The summed E-state index contributed by atoms with van der Waals surface area (Å²) in [7, 11) is 1.97. The zero-order valence-corrected chi connectivity index (χ0v) is 23.0. The minimum Gasteiger partial charge on any atom is -0.367 e. The third-order valence-electron chi connectivity index (χ3n) is 7.44. The van der Waals surface area contributed by atoms with Crippen molar-refractivity contribution in [3.63, 3.8) is 0 Å². The van der Waals surface area contributed by atoms with Gasteiger partial charge in [-0.15, -0.1) is 0 Å². The highest BCUT2D eigenvalue weighted by atomic mass is 32.2. The Kier molecular flexibility index (Phi) is 8.83. The lowest BCUT2D eigenvalue weighted by Gasteiger charge is -2.44. The molecule has 0 bridgehead atoms. The van der Waals surface area contributed by atoms with Gasteiger partial charge in [-0.3, -0.25) is 19.4 Å². The Morgan fingerprint density at radius 2 is 1.88 bits per heavy atom. The first kappa shape index (κ1) is 29.9. The molecule has 3 atom stereocenters. The summed E-state index contributed by atoms with van der Waals surface area (Å²) in [6.07, 6.45) is -2.14. The molecule has 218 valence electrons. The van der Waals surface area contributed by atoms with E-state index in [0.717, 1.165) is 0 Å². The summed E-state index contributed by atoms with van der Waals surface area (Å²) < 4.78 is 76.8. The second-order valence-corrected chi connectivity index (χ2v) is 11.1. The first-order chi connectivity index (χ1) is 18.7. The van der Waals surface area contributed by atoms with Gasteiger partial charge in [-0.05, 0) is 45.0 Å². The molecular weight excluding hydrogens is 554 g/mol. The predicted molar refractivity (Wildman–Crippen MR) is 145 cm³/mol. The number of piperazine rings is 1. The van der Waals surface area contributed by atoms with Crippen LogP contribution in [0.2, 0.25) is 0 Å². The first-order valence-corrected chi connectivity index (χ1v) is 13.9. The number of nitrogens with one attached hydrogen (secondary N) is 2. The molecule has 3 heterocycles. The summed E-state index contributed by atoms with van der Waals surface area (Å²) in [5, 5.41) is 2.54. The van der Waals surface area contributed by atoms with Crippen LogP contribution in [0.1, 0.15) is 41.8 Å². The Morgan fingerprint density at radius 3 is 2.45 bits per heavy atom. The van der Waals surface area contributed by atoms with Gasteiger partial charge < -0.3 is 19.8 Å². The molecule has 2 aliphatic heterocycles. The van der Waals surface area contributed by atoms with Crippen molar-refractivity contribution in [2.24, 2.45) is 0 Å². The smallest absolute Gasteiger partial charge is 0.367 e. The number of hydrogen-bond acceptors (Lipinski definition) is 6. The van der Waals surface area contributed by atoms with Crippen LogP contribution in [0.5, 0.6) is 0 Å². The average Bonchev–Trinajstić information content (AvgIpc) is 2.87. The normalized spacial score (nSPS) is 21.7. The molecule has 2 aromatic rings. The van der Waals surface area contributed by atoms with Crippen LogP contribution in [0.15, 0.2) is 35.3 Å². The lowest BCUT2D eigenvalue weighted by molar-refractivity contribution is -0.138. The topological polar surface area (TPSA) is 109 Å². The van der Waals surface area contributed by atoms with Crippen molar-refractivity contribution in [1.29, 1.82) is 0 Å². The molecule has 3 N–H and O–H groups in total. The molecule has 4 rings (SSSR count). The van der Waals surface area contributed by atoms with Crippen LogP contribution < -0.4 is 15.8 Å². The highest BCUT2D eigenvalue weighted by molar-refractivity contribution is 7.79. The molecule has 9 nitrogen and oxygen atoms in total. The van der Waals surface area contributed by atoms with Gasteiger partial charge >= 0.3 is 6.18 Å². The number of amides is 1. The van der Waals surface area contributed by atoms with Gasteiger partial charge in [0.25, 0.3) is 5.91 Å². The molecule has 1 aromatic carbocycles. The Labute approximate surface area is 231 Å². The fraction of sp³-hybridized carbons (Fsp3) is 0.462. The first-order valence-electron chi connectivity index (χ1n) is 12.7. The highest BCUT2D eigenvalue weighted by Gasteiger charge is 2.36. The molecule has 0 saturated carbocycles. The summed E-state index contributed by atoms with van der Waals surface area (Å²) in [6.45, 7) is 5.69. The van der Waals surface area contributed by atoms with Gasteiger partial charge in [-0.25, -0.2) is 8.60 Å². The molecule has 1 unspecified atom stereocenters. The maximum atomic E-state index is 15.6. The fourth-order valence-electron chi connectivity index (χ4n) is 5.08. The number of rotatable bonds is 6. The number of likely N-dealkylation sites (N-methyl/N-ethyl adjacent to an activating group) is 1. The van der Waals surface area contributed by atoms with Crippen molar-refractivity contribution in [1.82, 2.24) is 14.8 Å². The number of H-pyrrole nitrogens is 1. The summed E-state index contributed by atoms with van der Waals surface area (Å²) in [5.41, 5.74) is -1.91. The Hall–Kier alpha value is -3.07. The molecule has 1 saturated heterocycles. The molecule has 1 amide bonds. The summed E-state index contributed by atoms with van der Waals surface area (Å²) in [4.78, 5) is 32.7. The van der Waals surface area contributed by atoms with E-state index in [0.29, 0.717) is 56.1 Å². The van der Waals surface area contributed by atoms with E-state index < -0.39 is 45.7 Å². The van der Waals surface area contributed by atoms with Crippen LogP contribution >= 0.6 is 0 Å². The van der Waals surface area contributed by atoms with Crippen molar-refractivity contribution in [3.05, 3.63) is 63.3 Å². The monoisotopic (exact) mass is 585 g/mol. The van der Waals surface area contributed by atoms with Crippen LogP contribution in [0.4, 0.5) is 28.9 Å². The Balaban J connectivity index is 1.75. The molecular formula is C26H31F4N5O4S. The summed E-state index contributed by atoms with van der Waals surface area (Å²) in [5.74, 6) is -1.71. The number of hydrogen-bond donors (Lipinski definition) is 3. The number of pyridine rings is 1. The molecule has 40 heavy (non-hydrogen) atoms. The number of halogens is 4. The average molecular weight is 586 g/mol. The largest absolute Gasteiger partial charge is 0.417 e. The second-order valence-electron chi connectivity index (χ2n) is 10.2. The van der Waals surface area contributed by atoms with E-state index in [1.165, 1.54) is 12.1 Å². The van der Waals surface area contributed by atoms with Crippen LogP contribution in [0.25, 0.3) is 5.57 Å². The molecule has 0 radical (unpaired) electrons. The Bertz CT molecular complexity index is 1380. The maximum absolute atomic E-state index is 15.6. The Morgan fingerprint density at radius 1 is 1.20 bits per heavy atom. The van der Waals surface area contributed by atoms with Gasteiger partial charge in [0, 0.05) is 56.1 Å². The third-order valence-corrected chi connectivity index (χ3v) is 8.03. The van der Waals surface area contributed by atoms with Gasteiger partial charge in [0.2, 0.25) is 5.56 Å². The van der Waals surface area contributed by atoms with E-state index in [1.807, 2.05) is 25.8 Å². The van der Waals surface area contributed by atoms with Crippen molar-refractivity contribution in [3.8, 4) is 0 Å². The second kappa shape index (κ2) is 11.8. The van der Waals surface area contributed by atoms with Gasteiger partial charge in [-0.1, -0.05) is 6.08 Å². The molecule has 0 aliphatic carbocycles. The van der Waals surface area contributed by atoms with E-state index in [1.54, 1.807) is 11.0 Å². The number of aromatic nitrogens is 1. The van der Waals surface area contributed by atoms with E-state index >= 15 is 4.39 Å². The lowest BCUT2D eigenvalue weighted by Crippen LogP contribution is -2.55. The van der Waals surface area contributed by atoms with E-state index in [4.69, 9.17) is 4.55 Å². The number of nitrogens with zero attached hydrogens (tertiary/aromatic N) is 3. The van der Waals surface area contributed by atoms with Crippen LogP contribution in [0, 0.1) is 5.82 Å². The molecule has 2 aliphatic rings. The number of alkyl halides is 3.